The number of allylic oxidation sites excluding steroid dienone is 3. The van der Waals surface area contributed by atoms with Gasteiger partial charge >= 0.3 is 0 Å². The summed E-state index contributed by atoms with van der Waals surface area (Å²) >= 11 is 0. The molecule has 3 fully saturated rings. The average Bonchev–Trinajstić information content (AvgIpc) is 3.00. The molecule has 0 aromatic heterocycles. The van der Waals surface area contributed by atoms with Crippen molar-refractivity contribution < 1.29 is 8.42 Å². The summed E-state index contributed by atoms with van der Waals surface area (Å²) in [6, 6.07) is 0. The Morgan fingerprint density at radius 3 is 2.57 bits per heavy atom. The molecule has 0 aliphatic heterocycles. The van der Waals surface area contributed by atoms with Crippen molar-refractivity contribution in [2.45, 2.75) is 76.9 Å². The first-order valence-electron chi connectivity index (χ1n) is 11.4. The maximum Gasteiger partial charge on any atom is 0.157 e. The molecular formula is C25H38O2S. The van der Waals surface area contributed by atoms with Crippen molar-refractivity contribution in [1.82, 2.24) is 0 Å². The van der Waals surface area contributed by atoms with Crippen LogP contribution in [0.15, 0.2) is 37.0 Å². The molecule has 4 aliphatic carbocycles. The molecule has 4 rings (SSSR count). The van der Waals surface area contributed by atoms with E-state index in [-0.39, 0.29) is 16.4 Å². The van der Waals surface area contributed by atoms with Gasteiger partial charge in [0.15, 0.2) is 9.84 Å². The zero-order valence-corrected chi connectivity index (χ0v) is 18.6. The Morgan fingerprint density at radius 1 is 1.07 bits per heavy atom. The zero-order chi connectivity index (χ0) is 20.2. The van der Waals surface area contributed by atoms with Crippen LogP contribution in [0.2, 0.25) is 0 Å². The van der Waals surface area contributed by atoms with Gasteiger partial charge in [0, 0.05) is 0 Å². The summed E-state index contributed by atoms with van der Waals surface area (Å²) < 4.78 is 25.9. The van der Waals surface area contributed by atoms with E-state index in [1.54, 1.807) is 11.6 Å². The fourth-order valence-electron chi connectivity index (χ4n) is 8.00. The topological polar surface area (TPSA) is 34.1 Å². The molecule has 4 aliphatic rings. The number of fused-ring (bicyclic) bond motifs is 5. The molecule has 0 amide bonds. The summed E-state index contributed by atoms with van der Waals surface area (Å²) in [6.45, 7) is 12.5. The number of hydrogen-bond acceptors (Lipinski definition) is 2. The zero-order valence-electron chi connectivity index (χ0n) is 17.8. The first-order valence-corrected chi connectivity index (χ1v) is 13.1. The summed E-state index contributed by atoms with van der Waals surface area (Å²) in [6.07, 6.45) is 16.7. The van der Waals surface area contributed by atoms with Crippen LogP contribution in [0.5, 0.6) is 0 Å². The molecule has 156 valence electrons. The van der Waals surface area contributed by atoms with E-state index in [4.69, 9.17) is 0 Å². The van der Waals surface area contributed by atoms with Crippen molar-refractivity contribution in [2.24, 2.45) is 34.5 Å². The third-order valence-corrected chi connectivity index (χ3v) is 11.7. The molecule has 2 nitrogen and oxygen atoms in total. The molecule has 3 saturated carbocycles. The molecule has 0 N–H and O–H groups in total. The molecule has 0 saturated heterocycles. The predicted molar refractivity (Wildman–Crippen MR) is 118 cm³/mol. The van der Waals surface area contributed by atoms with Crippen molar-refractivity contribution >= 4 is 9.84 Å². The van der Waals surface area contributed by atoms with Crippen LogP contribution in [0.1, 0.15) is 71.6 Å². The Bertz CT molecular complexity index is 778. The van der Waals surface area contributed by atoms with Crippen LogP contribution in [-0.2, 0) is 9.84 Å². The fourth-order valence-corrected chi connectivity index (χ4v) is 10.2. The Morgan fingerprint density at radius 2 is 1.86 bits per heavy atom. The molecule has 0 aromatic rings. The van der Waals surface area contributed by atoms with Crippen LogP contribution in [-0.4, -0.2) is 19.4 Å². The van der Waals surface area contributed by atoms with E-state index in [2.05, 4.69) is 39.2 Å². The highest BCUT2D eigenvalue weighted by Gasteiger charge is 2.60. The van der Waals surface area contributed by atoms with E-state index in [9.17, 15) is 8.42 Å². The molecule has 7 atom stereocenters. The van der Waals surface area contributed by atoms with E-state index in [1.165, 1.54) is 32.1 Å². The Labute approximate surface area is 172 Å². The van der Waals surface area contributed by atoms with Crippen LogP contribution in [0, 0.1) is 34.5 Å². The summed E-state index contributed by atoms with van der Waals surface area (Å²) in [5, 5.41) is -0.162. The highest BCUT2D eigenvalue weighted by Crippen LogP contribution is 2.66. The first-order chi connectivity index (χ1) is 13.3. The smallest absolute Gasteiger partial charge is 0.157 e. The van der Waals surface area contributed by atoms with E-state index < -0.39 is 9.84 Å². The van der Waals surface area contributed by atoms with Crippen LogP contribution in [0.3, 0.4) is 0 Å². The molecule has 0 spiro atoms. The molecular weight excluding hydrogens is 364 g/mol. The molecule has 0 heterocycles. The second-order valence-electron chi connectivity index (χ2n) is 10.6. The Hall–Kier alpha value is -0.830. The fraction of sp³-hybridized carbons (Fsp3) is 0.760. The highest BCUT2D eigenvalue weighted by atomic mass is 32.2. The van der Waals surface area contributed by atoms with Gasteiger partial charge in [0.05, 0.1) is 11.0 Å². The van der Waals surface area contributed by atoms with E-state index in [1.807, 2.05) is 0 Å². The third-order valence-electron chi connectivity index (χ3n) is 9.40. The standard InChI is InChI=1S/C25H38O2S/c1-5-7-18-12-14-24(3)19(17-18)8-9-20-21-10-11-23(28(26,27)16-6-2)25(21,4)15-13-22(20)24/h5-6,8,18,20-23H,1-2,7,9-17H2,3-4H3/t18?,20-,21-,22-,23-,24-,25-/m0/s1. The number of hydrogen-bond donors (Lipinski definition) is 0. The van der Waals surface area contributed by atoms with Crippen molar-refractivity contribution in [3.63, 3.8) is 0 Å². The molecule has 0 radical (unpaired) electrons. The molecule has 28 heavy (non-hydrogen) atoms. The van der Waals surface area contributed by atoms with Gasteiger partial charge in [-0.05, 0) is 92.3 Å². The van der Waals surface area contributed by atoms with Gasteiger partial charge in [-0.1, -0.05) is 37.6 Å². The maximum absolute atomic E-state index is 13.0. The van der Waals surface area contributed by atoms with Gasteiger partial charge < -0.3 is 0 Å². The van der Waals surface area contributed by atoms with Crippen LogP contribution < -0.4 is 0 Å². The van der Waals surface area contributed by atoms with Gasteiger partial charge in [-0.15, -0.1) is 13.2 Å². The van der Waals surface area contributed by atoms with E-state index in [0.29, 0.717) is 17.3 Å². The quantitative estimate of drug-likeness (QED) is 0.520. The lowest BCUT2D eigenvalue weighted by Crippen LogP contribution is -2.52. The molecule has 0 bridgehead atoms. The molecule has 0 aromatic carbocycles. The lowest BCUT2D eigenvalue weighted by molar-refractivity contribution is -0.0276. The van der Waals surface area contributed by atoms with Crippen molar-refractivity contribution in [1.29, 1.82) is 0 Å². The Kier molecular flexibility index (Phi) is 5.22. The lowest BCUT2D eigenvalue weighted by atomic mass is 9.47. The van der Waals surface area contributed by atoms with Gasteiger partial charge in [0.2, 0.25) is 0 Å². The highest BCUT2D eigenvalue weighted by molar-refractivity contribution is 7.92. The van der Waals surface area contributed by atoms with E-state index >= 15 is 0 Å². The summed E-state index contributed by atoms with van der Waals surface area (Å²) in [5.74, 6) is 2.91. The first kappa shape index (κ1) is 20.4. The van der Waals surface area contributed by atoms with Gasteiger partial charge in [-0.2, -0.15) is 0 Å². The van der Waals surface area contributed by atoms with E-state index in [0.717, 1.165) is 37.5 Å². The maximum atomic E-state index is 13.0. The Balaban J connectivity index is 1.61. The lowest BCUT2D eigenvalue weighted by Gasteiger charge is -2.58. The monoisotopic (exact) mass is 402 g/mol. The number of sulfone groups is 1. The average molecular weight is 403 g/mol. The van der Waals surface area contributed by atoms with Gasteiger partial charge in [0.1, 0.15) is 0 Å². The van der Waals surface area contributed by atoms with Gasteiger partial charge in [0.25, 0.3) is 0 Å². The molecule has 1 unspecified atom stereocenters. The van der Waals surface area contributed by atoms with Crippen LogP contribution in [0.4, 0.5) is 0 Å². The summed E-state index contributed by atoms with van der Waals surface area (Å²) in [5.41, 5.74) is 2.02. The molecule has 3 heteroatoms. The summed E-state index contributed by atoms with van der Waals surface area (Å²) in [4.78, 5) is 0. The van der Waals surface area contributed by atoms with Gasteiger partial charge in [-0.25, -0.2) is 8.42 Å². The second kappa shape index (κ2) is 7.15. The van der Waals surface area contributed by atoms with Crippen molar-refractivity contribution in [3.05, 3.63) is 37.0 Å². The number of rotatable bonds is 5. The normalized spacial score (nSPS) is 45.4. The van der Waals surface area contributed by atoms with Gasteiger partial charge in [-0.3, -0.25) is 0 Å². The van der Waals surface area contributed by atoms with Crippen molar-refractivity contribution in [3.8, 4) is 0 Å². The van der Waals surface area contributed by atoms with Crippen LogP contribution >= 0.6 is 0 Å². The largest absolute Gasteiger partial charge is 0.228 e. The minimum Gasteiger partial charge on any atom is -0.228 e. The SMILES string of the molecule is C=CCC1CC[C@@]2(C)C(=CC[C@H]3[C@@H]4CC[C@H](S(=O)(=O)CC=C)[C@@]4(C)CC[C@@H]32)C1. The third kappa shape index (κ3) is 2.99. The second-order valence-corrected chi connectivity index (χ2v) is 12.8. The predicted octanol–water partition coefficient (Wildman–Crippen LogP) is 6.11. The minimum atomic E-state index is -3.07. The van der Waals surface area contributed by atoms with Crippen molar-refractivity contribution in [2.75, 3.05) is 5.75 Å². The van der Waals surface area contributed by atoms with Crippen LogP contribution in [0.25, 0.3) is 0 Å². The summed E-state index contributed by atoms with van der Waals surface area (Å²) in [7, 11) is -3.07. The minimum absolute atomic E-state index is 0.0369.